The van der Waals surface area contributed by atoms with Crippen LogP contribution in [0, 0.1) is 5.92 Å². The number of allylic oxidation sites excluding steroid dienone is 1. The van der Waals surface area contributed by atoms with E-state index in [1.54, 1.807) is 0 Å². The van der Waals surface area contributed by atoms with Gasteiger partial charge < -0.3 is 4.74 Å². The van der Waals surface area contributed by atoms with Gasteiger partial charge in [-0.25, -0.2) is 4.79 Å². The van der Waals surface area contributed by atoms with Crippen LogP contribution in [0.1, 0.15) is 33.1 Å². The molecule has 0 radical (unpaired) electrons. The Morgan fingerprint density at radius 3 is 2.75 bits per heavy atom. The minimum absolute atomic E-state index is 0.104. The number of rotatable bonds is 2. The van der Waals surface area contributed by atoms with Crippen molar-refractivity contribution in [3.05, 3.63) is 42.5 Å². The van der Waals surface area contributed by atoms with E-state index in [0.717, 1.165) is 24.9 Å². The van der Waals surface area contributed by atoms with Crippen molar-refractivity contribution in [2.45, 2.75) is 44.8 Å². The lowest BCUT2D eigenvalue weighted by Gasteiger charge is -2.39. The van der Waals surface area contributed by atoms with Gasteiger partial charge in [0.25, 0.3) is 0 Å². The zero-order chi connectivity index (χ0) is 14.3. The van der Waals surface area contributed by atoms with Gasteiger partial charge in [0.15, 0.2) is 0 Å². The molecular formula is C17H21NO2. The van der Waals surface area contributed by atoms with Crippen LogP contribution in [0.4, 0.5) is 10.5 Å². The summed E-state index contributed by atoms with van der Waals surface area (Å²) < 4.78 is 5.71. The fourth-order valence-electron chi connectivity index (χ4n) is 3.46. The predicted octanol–water partition coefficient (Wildman–Crippen LogP) is 4.15. The van der Waals surface area contributed by atoms with E-state index in [-0.39, 0.29) is 17.7 Å². The Bertz CT molecular complexity index is 539. The SMILES string of the molecule is C=C(C)[C@@H]1CC[C@]2(C)OC(=O)N(c3ccccc3)[C@@H]2C1. The summed E-state index contributed by atoms with van der Waals surface area (Å²) in [6, 6.07) is 9.92. The second kappa shape index (κ2) is 4.65. The highest BCUT2D eigenvalue weighted by molar-refractivity contribution is 5.91. The van der Waals surface area contributed by atoms with Gasteiger partial charge >= 0.3 is 6.09 Å². The van der Waals surface area contributed by atoms with E-state index in [1.165, 1.54) is 5.57 Å². The fourth-order valence-corrected chi connectivity index (χ4v) is 3.46. The van der Waals surface area contributed by atoms with Crippen LogP contribution in [0.2, 0.25) is 0 Å². The molecule has 0 bridgehead atoms. The molecule has 1 aliphatic carbocycles. The molecule has 0 N–H and O–H groups in total. The molecule has 1 aromatic carbocycles. The smallest absolute Gasteiger partial charge is 0.415 e. The van der Waals surface area contributed by atoms with Gasteiger partial charge in [0.1, 0.15) is 5.60 Å². The van der Waals surface area contributed by atoms with Crippen LogP contribution in [-0.4, -0.2) is 17.7 Å². The summed E-state index contributed by atoms with van der Waals surface area (Å²) in [6.45, 7) is 8.23. The van der Waals surface area contributed by atoms with Crippen molar-refractivity contribution in [3.8, 4) is 0 Å². The summed E-state index contributed by atoms with van der Waals surface area (Å²) in [5, 5.41) is 0. The average Bonchev–Trinajstić information content (AvgIpc) is 2.68. The van der Waals surface area contributed by atoms with Gasteiger partial charge in [-0.2, -0.15) is 0 Å². The Hall–Kier alpha value is -1.77. The van der Waals surface area contributed by atoms with Gasteiger partial charge in [0.2, 0.25) is 0 Å². The molecule has 3 heteroatoms. The lowest BCUT2D eigenvalue weighted by Crippen LogP contribution is -2.48. The van der Waals surface area contributed by atoms with Crippen molar-refractivity contribution >= 4 is 11.8 Å². The van der Waals surface area contributed by atoms with Gasteiger partial charge in [0, 0.05) is 5.69 Å². The maximum atomic E-state index is 12.3. The van der Waals surface area contributed by atoms with Crippen molar-refractivity contribution in [3.63, 3.8) is 0 Å². The first kappa shape index (κ1) is 13.2. The number of hydrogen-bond acceptors (Lipinski definition) is 2. The maximum Gasteiger partial charge on any atom is 0.415 e. The number of hydrogen-bond donors (Lipinski definition) is 0. The Balaban J connectivity index is 1.94. The van der Waals surface area contributed by atoms with E-state index < -0.39 is 0 Å². The van der Waals surface area contributed by atoms with Crippen LogP contribution >= 0.6 is 0 Å². The number of anilines is 1. The van der Waals surface area contributed by atoms with Gasteiger partial charge in [-0.05, 0) is 51.2 Å². The molecule has 1 saturated carbocycles. The molecule has 1 saturated heterocycles. The highest BCUT2D eigenvalue weighted by Crippen LogP contribution is 2.45. The van der Waals surface area contributed by atoms with Gasteiger partial charge in [0.05, 0.1) is 6.04 Å². The Kier molecular flexibility index (Phi) is 3.08. The number of ether oxygens (including phenoxy) is 1. The van der Waals surface area contributed by atoms with E-state index in [2.05, 4.69) is 20.4 Å². The number of carbonyl (C=O) groups is 1. The number of fused-ring (bicyclic) bond motifs is 1. The molecule has 1 aromatic rings. The fraction of sp³-hybridized carbons (Fsp3) is 0.471. The first-order chi connectivity index (χ1) is 9.51. The summed E-state index contributed by atoms with van der Waals surface area (Å²) in [5.41, 5.74) is 1.77. The zero-order valence-electron chi connectivity index (χ0n) is 12.1. The highest BCUT2D eigenvalue weighted by Gasteiger charge is 2.54. The summed E-state index contributed by atoms with van der Waals surface area (Å²) in [4.78, 5) is 14.1. The monoisotopic (exact) mass is 271 g/mol. The average molecular weight is 271 g/mol. The van der Waals surface area contributed by atoms with Crippen molar-refractivity contribution < 1.29 is 9.53 Å². The summed E-state index contributed by atoms with van der Waals surface area (Å²) in [7, 11) is 0. The van der Waals surface area contributed by atoms with Crippen LogP contribution in [0.25, 0.3) is 0 Å². The van der Waals surface area contributed by atoms with Crippen LogP contribution in [0.5, 0.6) is 0 Å². The van der Waals surface area contributed by atoms with E-state index in [4.69, 9.17) is 4.74 Å². The normalized spacial score (nSPS) is 32.7. The molecule has 0 aromatic heterocycles. The number of benzene rings is 1. The molecule has 0 spiro atoms. The molecular weight excluding hydrogens is 250 g/mol. The van der Waals surface area contributed by atoms with Crippen molar-refractivity contribution in [1.29, 1.82) is 0 Å². The molecule has 3 rings (SSSR count). The van der Waals surface area contributed by atoms with E-state index in [9.17, 15) is 4.79 Å². The van der Waals surface area contributed by atoms with E-state index in [1.807, 2.05) is 35.2 Å². The Morgan fingerprint density at radius 1 is 1.40 bits per heavy atom. The highest BCUT2D eigenvalue weighted by atomic mass is 16.6. The molecule has 1 amide bonds. The standard InChI is InChI=1S/C17H21NO2/c1-12(2)13-9-10-17(3)15(11-13)18(16(19)20-17)14-7-5-4-6-8-14/h4-8,13,15H,1,9-11H2,2-3H3/t13-,15-,17+/m1/s1. The number of para-hydroxylation sites is 1. The van der Waals surface area contributed by atoms with Gasteiger partial charge in [-0.15, -0.1) is 0 Å². The summed E-state index contributed by atoms with van der Waals surface area (Å²) >= 11 is 0. The van der Waals surface area contributed by atoms with Crippen molar-refractivity contribution in [2.75, 3.05) is 4.90 Å². The van der Waals surface area contributed by atoms with Crippen molar-refractivity contribution in [1.82, 2.24) is 0 Å². The summed E-state index contributed by atoms with van der Waals surface area (Å²) in [6.07, 6.45) is 2.68. The molecule has 1 heterocycles. The lowest BCUT2D eigenvalue weighted by molar-refractivity contribution is 0.0203. The zero-order valence-corrected chi connectivity index (χ0v) is 12.1. The number of nitrogens with zero attached hydrogens (tertiary/aromatic N) is 1. The van der Waals surface area contributed by atoms with Crippen molar-refractivity contribution in [2.24, 2.45) is 5.92 Å². The van der Waals surface area contributed by atoms with E-state index >= 15 is 0 Å². The first-order valence-electron chi connectivity index (χ1n) is 7.24. The Labute approximate surface area is 120 Å². The first-order valence-corrected chi connectivity index (χ1v) is 7.24. The van der Waals surface area contributed by atoms with Gasteiger partial charge in [-0.1, -0.05) is 30.4 Å². The third-order valence-electron chi connectivity index (χ3n) is 4.76. The number of amides is 1. The minimum atomic E-state index is -0.362. The van der Waals surface area contributed by atoms with Crippen LogP contribution < -0.4 is 4.90 Å². The largest absolute Gasteiger partial charge is 0.441 e. The quantitative estimate of drug-likeness (QED) is 0.756. The van der Waals surface area contributed by atoms with Crippen LogP contribution in [0.15, 0.2) is 42.5 Å². The minimum Gasteiger partial charge on any atom is -0.441 e. The van der Waals surface area contributed by atoms with Crippen LogP contribution in [0.3, 0.4) is 0 Å². The third kappa shape index (κ3) is 2.01. The molecule has 20 heavy (non-hydrogen) atoms. The second-order valence-corrected chi connectivity index (χ2v) is 6.22. The molecule has 2 aliphatic rings. The third-order valence-corrected chi connectivity index (χ3v) is 4.76. The van der Waals surface area contributed by atoms with Gasteiger partial charge in [-0.3, -0.25) is 4.90 Å². The molecule has 2 fully saturated rings. The molecule has 1 aliphatic heterocycles. The second-order valence-electron chi connectivity index (χ2n) is 6.22. The molecule has 0 unspecified atom stereocenters. The lowest BCUT2D eigenvalue weighted by atomic mass is 9.74. The maximum absolute atomic E-state index is 12.3. The topological polar surface area (TPSA) is 29.5 Å². The predicted molar refractivity (Wildman–Crippen MR) is 79.8 cm³/mol. The summed E-state index contributed by atoms with van der Waals surface area (Å²) in [5.74, 6) is 0.480. The Morgan fingerprint density at radius 2 is 2.10 bits per heavy atom. The van der Waals surface area contributed by atoms with Crippen LogP contribution in [-0.2, 0) is 4.74 Å². The molecule has 106 valence electrons. The number of carbonyl (C=O) groups excluding carboxylic acids is 1. The molecule has 3 nitrogen and oxygen atoms in total. The van der Waals surface area contributed by atoms with E-state index in [0.29, 0.717) is 5.92 Å². The molecule has 3 atom stereocenters.